The predicted octanol–water partition coefficient (Wildman–Crippen LogP) is 14.3. The van der Waals surface area contributed by atoms with E-state index in [2.05, 4.69) is 130 Å². The Bertz CT molecular complexity index is 4020. The van der Waals surface area contributed by atoms with Crippen molar-refractivity contribution in [3.05, 3.63) is 213 Å². The van der Waals surface area contributed by atoms with Gasteiger partial charge in [0.05, 0.1) is 22.4 Å². The number of furan rings is 2. The molecule has 67 heavy (non-hydrogen) atoms. The number of rotatable bonds is 7. The van der Waals surface area contributed by atoms with E-state index < -0.39 is 0 Å². The summed E-state index contributed by atoms with van der Waals surface area (Å²) in [6.07, 6.45) is 5.93. The average molecular weight is 1050 g/mol. The Labute approximate surface area is 397 Å². The molecule has 0 saturated heterocycles. The maximum Gasteiger partial charge on any atom is 0.208 e. The van der Waals surface area contributed by atoms with Crippen molar-refractivity contribution >= 4 is 83.1 Å². The number of nitrogens with zero attached hydrogens (tertiary/aromatic N) is 6. The largest absolute Gasteiger partial charge is 0.512 e. The molecule has 0 atom stereocenters. The summed E-state index contributed by atoms with van der Waals surface area (Å²) in [5.41, 5.74) is 12.7. The van der Waals surface area contributed by atoms with Gasteiger partial charge < -0.3 is 27.8 Å². The number of ether oxygens (including phenoxy) is 1. The molecule has 1 aliphatic heterocycles. The van der Waals surface area contributed by atoms with Gasteiger partial charge in [-0.15, -0.1) is 42.7 Å². The summed E-state index contributed by atoms with van der Waals surface area (Å²) >= 11 is 0. The van der Waals surface area contributed by atoms with Gasteiger partial charge in [0.2, 0.25) is 5.78 Å². The molecule has 0 fully saturated rings. The van der Waals surface area contributed by atoms with Crippen molar-refractivity contribution in [3.8, 4) is 39.6 Å². The van der Waals surface area contributed by atoms with E-state index in [-0.39, 0.29) is 21.1 Å². The Morgan fingerprint density at radius 3 is 2.06 bits per heavy atom. The molecule has 8 aromatic carbocycles. The molecule has 14 rings (SSSR count). The molecule has 5 aromatic heterocycles. The van der Waals surface area contributed by atoms with Gasteiger partial charge in [-0.2, -0.15) is 0 Å². The van der Waals surface area contributed by atoms with E-state index >= 15 is 0 Å². The molecule has 0 radical (unpaired) electrons. The van der Waals surface area contributed by atoms with Crippen LogP contribution in [0.5, 0.6) is 11.5 Å². The molecule has 0 unspecified atom stereocenters. The predicted molar refractivity (Wildman–Crippen MR) is 262 cm³/mol. The number of hydrogen-bond acceptors (Lipinski definition) is 7. The fraction of sp³-hybridized carbons (Fsp3) is 0. The Kier molecular flexibility index (Phi) is 8.95. The number of imidazole rings is 2. The van der Waals surface area contributed by atoms with Crippen molar-refractivity contribution in [2.45, 2.75) is 0 Å². The van der Waals surface area contributed by atoms with Crippen molar-refractivity contribution in [2.75, 3.05) is 9.80 Å². The van der Waals surface area contributed by atoms with Gasteiger partial charge >= 0.3 is 0 Å². The second kappa shape index (κ2) is 15.4. The van der Waals surface area contributed by atoms with E-state index in [1.54, 1.807) is 6.20 Å². The first-order valence-electron chi connectivity index (χ1n) is 21.7. The minimum Gasteiger partial charge on any atom is -0.512 e. The standard InChI is InChI=1S/C57H33N6O3.Pt/c1-3-14-36(15-4-1)40-19-13-20-41(37-16-5-2-6-17-37)55(40)61-31-30-60(35-61)38-32-43-54-50(28-27-49-53(54)42-18-7-10-23-48(42)65-49)66-56(43)51(33-38)64-39-25-26-46-47(34-39)63(52-24-11-12-29-58-52)57-59-44-21-8-9-22-45(44)62(46)57;/h1-32,35H;/q-3;. The van der Waals surface area contributed by atoms with Gasteiger partial charge in [-0.05, 0) is 77.0 Å². The van der Waals surface area contributed by atoms with Crippen molar-refractivity contribution < 1.29 is 34.6 Å². The maximum absolute atomic E-state index is 6.96. The molecule has 0 bridgehead atoms. The molecule has 6 heterocycles. The van der Waals surface area contributed by atoms with Crippen molar-refractivity contribution in [2.24, 2.45) is 0 Å². The van der Waals surface area contributed by atoms with Crippen molar-refractivity contribution in [1.82, 2.24) is 18.9 Å². The molecule has 9 nitrogen and oxygen atoms in total. The minimum absolute atomic E-state index is 0. The summed E-state index contributed by atoms with van der Waals surface area (Å²) in [6.45, 7) is 2.10. The molecule has 0 spiro atoms. The molecule has 0 saturated carbocycles. The van der Waals surface area contributed by atoms with Crippen LogP contribution in [0.25, 0.3) is 99.8 Å². The van der Waals surface area contributed by atoms with Crippen LogP contribution in [0.4, 0.5) is 11.4 Å². The third-order valence-electron chi connectivity index (χ3n) is 12.5. The zero-order valence-electron chi connectivity index (χ0n) is 35.3. The normalized spacial score (nSPS) is 12.8. The van der Waals surface area contributed by atoms with Crippen LogP contribution >= 0.6 is 0 Å². The fourth-order valence-electron chi connectivity index (χ4n) is 9.62. The Morgan fingerprint density at radius 1 is 0.567 bits per heavy atom. The quantitative estimate of drug-likeness (QED) is 0.147. The van der Waals surface area contributed by atoms with Gasteiger partial charge in [0.1, 0.15) is 22.6 Å². The van der Waals surface area contributed by atoms with E-state index in [1.807, 2.05) is 95.6 Å². The van der Waals surface area contributed by atoms with E-state index in [9.17, 15) is 0 Å². The van der Waals surface area contributed by atoms with Crippen molar-refractivity contribution in [1.29, 1.82) is 0 Å². The monoisotopic (exact) mass is 1040 g/mol. The molecule has 322 valence electrons. The Balaban J connectivity index is 0.00000446. The summed E-state index contributed by atoms with van der Waals surface area (Å²) in [5, 5.41) is 3.79. The van der Waals surface area contributed by atoms with Crippen LogP contribution in [0.15, 0.2) is 203 Å². The zero-order valence-corrected chi connectivity index (χ0v) is 37.5. The number of benzene rings is 8. The first-order chi connectivity index (χ1) is 32.7. The van der Waals surface area contributed by atoms with Gasteiger partial charge in [0.25, 0.3) is 0 Å². The zero-order chi connectivity index (χ0) is 43.3. The number of fused-ring (bicyclic) bond motifs is 12. The number of anilines is 2. The number of para-hydroxylation sites is 4. The second-order valence-corrected chi connectivity index (χ2v) is 16.3. The van der Waals surface area contributed by atoms with Crippen LogP contribution in [0.1, 0.15) is 0 Å². The van der Waals surface area contributed by atoms with Gasteiger partial charge in [-0.25, -0.2) is 9.97 Å². The first kappa shape index (κ1) is 39.0. The van der Waals surface area contributed by atoms with E-state index in [0.29, 0.717) is 22.7 Å². The molecule has 0 aliphatic carbocycles. The SMILES string of the molecule is [Pt].[c-]1c(N2C=CN(c3c(-c4ccccc4)cccc3-c3ccccc3)[CH-]2)cc2c(oc3ccc4oc5ccccc5c4c32)c1Oc1[c-]c2c(cc1)n1c3ccccc3nc1n2-c1ccccn1. The Morgan fingerprint density at radius 2 is 1.27 bits per heavy atom. The van der Waals surface area contributed by atoms with E-state index in [0.717, 1.165) is 100 Å². The van der Waals surface area contributed by atoms with Gasteiger partial charge in [-0.1, -0.05) is 121 Å². The minimum atomic E-state index is 0. The van der Waals surface area contributed by atoms with Crippen LogP contribution in [0, 0.1) is 18.8 Å². The molecule has 1 aliphatic rings. The van der Waals surface area contributed by atoms with Crippen molar-refractivity contribution in [3.63, 3.8) is 0 Å². The van der Waals surface area contributed by atoms with E-state index in [4.69, 9.17) is 23.5 Å². The molecule has 0 amide bonds. The smallest absolute Gasteiger partial charge is 0.208 e. The number of aromatic nitrogens is 4. The number of pyridine rings is 1. The van der Waals surface area contributed by atoms with Crippen LogP contribution in [0.3, 0.4) is 0 Å². The molecule has 0 N–H and O–H groups in total. The number of hydrogen-bond donors (Lipinski definition) is 0. The van der Waals surface area contributed by atoms with Crippen LogP contribution in [-0.4, -0.2) is 18.9 Å². The first-order valence-corrected chi connectivity index (χ1v) is 21.7. The molecular formula is C57H33N6O3Pt-3. The molecular weight excluding hydrogens is 1010 g/mol. The third kappa shape index (κ3) is 6.12. The Hall–Kier alpha value is -8.39. The van der Waals surface area contributed by atoms with Gasteiger partial charge in [0, 0.05) is 66.0 Å². The summed E-state index contributed by atoms with van der Waals surface area (Å²) in [6, 6.07) is 66.9. The second-order valence-electron chi connectivity index (χ2n) is 16.3. The van der Waals surface area contributed by atoms with Crippen LogP contribution < -0.4 is 14.5 Å². The topological polar surface area (TPSA) is 77.1 Å². The summed E-state index contributed by atoms with van der Waals surface area (Å²) in [7, 11) is 0. The van der Waals surface area contributed by atoms with Crippen LogP contribution in [0.2, 0.25) is 0 Å². The van der Waals surface area contributed by atoms with E-state index in [1.165, 1.54) is 0 Å². The fourth-order valence-corrected chi connectivity index (χ4v) is 9.62. The molecule has 10 heteroatoms. The molecule has 13 aromatic rings. The van der Waals surface area contributed by atoms with Gasteiger partial charge in [-0.3, -0.25) is 4.57 Å². The summed E-state index contributed by atoms with van der Waals surface area (Å²) < 4.78 is 24.3. The maximum atomic E-state index is 6.96. The average Bonchev–Trinajstić information content (AvgIpc) is 4.21. The van der Waals surface area contributed by atoms with Crippen LogP contribution in [-0.2, 0) is 21.1 Å². The third-order valence-corrected chi connectivity index (χ3v) is 12.5. The summed E-state index contributed by atoms with van der Waals surface area (Å²) in [5.74, 6) is 2.34. The summed E-state index contributed by atoms with van der Waals surface area (Å²) in [4.78, 5) is 14.1. The van der Waals surface area contributed by atoms with Gasteiger partial charge in [0.15, 0.2) is 0 Å².